The van der Waals surface area contributed by atoms with Gasteiger partial charge in [-0.25, -0.2) is 4.79 Å². The van der Waals surface area contributed by atoms with Gasteiger partial charge in [0.15, 0.2) is 0 Å². The van der Waals surface area contributed by atoms with E-state index in [2.05, 4.69) is 23.9 Å². The Hall–Kier alpha value is -0.990. The van der Waals surface area contributed by atoms with Crippen LogP contribution in [0.4, 0.5) is 0 Å². The molecule has 13 heavy (non-hydrogen) atoms. The summed E-state index contributed by atoms with van der Waals surface area (Å²) in [5.74, 6) is -0.324. The number of ether oxygens (including phenoxy) is 1. The Morgan fingerprint density at radius 3 is 2.85 bits per heavy atom. The highest BCUT2D eigenvalue weighted by atomic mass is 16.5. The fourth-order valence-corrected chi connectivity index (χ4v) is 0.942. The molecular formula is C10H19NO2. The van der Waals surface area contributed by atoms with Crippen molar-refractivity contribution in [3.8, 4) is 0 Å². The molecule has 0 fully saturated rings. The van der Waals surface area contributed by atoms with Crippen molar-refractivity contribution >= 4 is 5.97 Å². The van der Waals surface area contributed by atoms with Crippen molar-refractivity contribution in [3.05, 3.63) is 12.3 Å². The van der Waals surface area contributed by atoms with E-state index in [1.807, 2.05) is 0 Å². The minimum absolute atomic E-state index is 0.324. The molecule has 3 nitrogen and oxygen atoms in total. The number of carbonyl (C=O) groups excluding carboxylic acids is 1. The van der Waals surface area contributed by atoms with Crippen LogP contribution in [0.3, 0.4) is 0 Å². The first-order chi connectivity index (χ1) is 6.20. The maximum absolute atomic E-state index is 10.7. The number of hydrogen-bond acceptors (Lipinski definition) is 3. The number of rotatable bonds is 6. The van der Waals surface area contributed by atoms with E-state index in [0.717, 1.165) is 6.42 Å². The molecule has 0 aromatic carbocycles. The summed E-state index contributed by atoms with van der Waals surface area (Å²) >= 11 is 0. The zero-order valence-corrected chi connectivity index (χ0v) is 8.67. The molecule has 1 atom stereocenters. The van der Waals surface area contributed by atoms with Crippen LogP contribution >= 0.6 is 0 Å². The first-order valence-corrected chi connectivity index (χ1v) is 4.71. The maximum Gasteiger partial charge on any atom is 0.331 e. The first kappa shape index (κ1) is 12.0. The maximum atomic E-state index is 10.7. The highest BCUT2D eigenvalue weighted by Gasteiger charge is 1.96. The molecule has 0 aromatic heterocycles. The summed E-state index contributed by atoms with van der Waals surface area (Å²) in [5, 5.41) is 3.10. The lowest BCUT2D eigenvalue weighted by Crippen LogP contribution is -2.20. The van der Waals surface area contributed by atoms with E-state index in [1.54, 1.807) is 6.20 Å². The van der Waals surface area contributed by atoms with Gasteiger partial charge in [0.2, 0.25) is 0 Å². The summed E-state index contributed by atoms with van der Waals surface area (Å²) in [6.45, 7) is 4.26. The molecule has 76 valence electrons. The van der Waals surface area contributed by atoms with Crippen LogP contribution in [0.25, 0.3) is 0 Å². The molecule has 0 saturated carbocycles. The summed E-state index contributed by atoms with van der Waals surface area (Å²) in [6.07, 6.45) is 6.57. The van der Waals surface area contributed by atoms with Gasteiger partial charge in [0, 0.05) is 18.3 Å². The molecule has 0 amide bonds. The number of carbonyl (C=O) groups is 1. The average Bonchev–Trinajstić information content (AvgIpc) is 2.14. The molecule has 0 rings (SSSR count). The topological polar surface area (TPSA) is 38.3 Å². The summed E-state index contributed by atoms with van der Waals surface area (Å²) in [5.41, 5.74) is 0. The van der Waals surface area contributed by atoms with Gasteiger partial charge in [-0.2, -0.15) is 0 Å². The molecule has 0 saturated heterocycles. The normalized spacial score (nSPS) is 12.8. The quantitative estimate of drug-likeness (QED) is 0.507. The van der Waals surface area contributed by atoms with Crippen molar-refractivity contribution in [1.82, 2.24) is 5.32 Å². The molecule has 0 heterocycles. The van der Waals surface area contributed by atoms with Crippen LogP contribution in [0.15, 0.2) is 12.3 Å². The zero-order valence-electron chi connectivity index (χ0n) is 8.67. The Labute approximate surface area is 80.2 Å². The van der Waals surface area contributed by atoms with Crippen LogP contribution in [-0.4, -0.2) is 19.1 Å². The van der Waals surface area contributed by atoms with Gasteiger partial charge in [0.1, 0.15) is 0 Å². The molecule has 1 unspecified atom stereocenters. The Morgan fingerprint density at radius 2 is 2.31 bits per heavy atom. The summed E-state index contributed by atoms with van der Waals surface area (Å²) in [4.78, 5) is 10.7. The van der Waals surface area contributed by atoms with Crippen LogP contribution in [0.1, 0.15) is 33.1 Å². The first-order valence-electron chi connectivity index (χ1n) is 4.71. The minimum Gasteiger partial charge on any atom is -0.466 e. The second-order valence-electron chi connectivity index (χ2n) is 3.07. The molecule has 3 heteroatoms. The van der Waals surface area contributed by atoms with Crippen molar-refractivity contribution < 1.29 is 9.53 Å². The van der Waals surface area contributed by atoms with Gasteiger partial charge in [0.25, 0.3) is 0 Å². The monoisotopic (exact) mass is 185 g/mol. The number of unbranched alkanes of at least 4 members (excludes halogenated alkanes) is 1. The van der Waals surface area contributed by atoms with E-state index >= 15 is 0 Å². The van der Waals surface area contributed by atoms with Gasteiger partial charge in [-0.1, -0.05) is 19.8 Å². The highest BCUT2D eigenvalue weighted by Crippen LogP contribution is 1.98. The molecule has 0 spiro atoms. The smallest absolute Gasteiger partial charge is 0.331 e. The molecule has 0 aliphatic rings. The third-order valence-corrected chi connectivity index (χ3v) is 1.79. The Kier molecular flexibility index (Phi) is 7.07. The van der Waals surface area contributed by atoms with Gasteiger partial charge in [-0.15, -0.1) is 0 Å². The van der Waals surface area contributed by atoms with Gasteiger partial charge in [0.05, 0.1) is 7.11 Å². The van der Waals surface area contributed by atoms with Crippen molar-refractivity contribution in [1.29, 1.82) is 0 Å². The SMILES string of the molecule is CCCCC(C)N/C=C/C(=O)OC. The number of esters is 1. The number of nitrogens with one attached hydrogen (secondary N) is 1. The van der Waals surface area contributed by atoms with Crippen molar-refractivity contribution in [2.75, 3.05) is 7.11 Å². The van der Waals surface area contributed by atoms with Crippen LogP contribution in [0.2, 0.25) is 0 Å². The van der Waals surface area contributed by atoms with E-state index in [9.17, 15) is 4.79 Å². The molecule has 0 radical (unpaired) electrons. The fraction of sp³-hybridized carbons (Fsp3) is 0.700. The van der Waals surface area contributed by atoms with E-state index in [0.29, 0.717) is 6.04 Å². The molecule has 0 aromatic rings. The van der Waals surface area contributed by atoms with Crippen molar-refractivity contribution in [3.63, 3.8) is 0 Å². The van der Waals surface area contributed by atoms with Gasteiger partial charge in [-0.3, -0.25) is 0 Å². The lowest BCUT2D eigenvalue weighted by molar-refractivity contribution is -0.134. The van der Waals surface area contributed by atoms with E-state index in [4.69, 9.17) is 0 Å². The lowest BCUT2D eigenvalue weighted by Gasteiger charge is -2.09. The van der Waals surface area contributed by atoms with E-state index in [-0.39, 0.29) is 5.97 Å². The van der Waals surface area contributed by atoms with Gasteiger partial charge >= 0.3 is 5.97 Å². The highest BCUT2D eigenvalue weighted by molar-refractivity contribution is 5.81. The predicted molar refractivity (Wildman–Crippen MR) is 53.3 cm³/mol. The number of hydrogen-bond donors (Lipinski definition) is 1. The van der Waals surface area contributed by atoms with Crippen LogP contribution < -0.4 is 5.32 Å². The van der Waals surface area contributed by atoms with E-state index < -0.39 is 0 Å². The molecule has 0 aliphatic heterocycles. The second kappa shape index (κ2) is 7.65. The minimum atomic E-state index is -0.324. The van der Waals surface area contributed by atoms with Gasteiger partial charge in [-0.05, 0) is 13.3 Å². The number of methoxy groups -OCH3 is 1. The third kappa shape index (κ3) is 7.37. The summed E-state index contributed by atoms with van der Waals surface area (Å²) in [6, 6.07) is 0.417. The van der Waals surface area contributed by atoms with E-state index in [1.165, 1.54) is 26.0 Å². The standard InChI is InChI=1S/C10H19NO2/c1-4-5-6-9(2)11-8-7-10(12)13-3/h7-9,11H,4-6H2,1-3H3/b8-7+. The van der Waals surface area contributed by atoms with Crippen LogP contribution in [0.5, 0.6) is 0 Å². The third-order valence-electron chi connectivity index (χ3n) is 1.79. The average molecular weight is 185 g/mol. The Morgan fingerprint density at radius 1 is 1.62 bits per heavy atom. The van der Waals surface area contributed by atoms with Crippen molar-refractivity contribution in [2.45, 2.75) is 39.2 Å². The lowest BCUT2D eigenvalue weighted by atomic mass is 10.1. The molecule has 0 bridgehead atoms. The molecule has 1 N–H and O–H groups in total. The van der Waals surface area contributed by atoms with Crippen LogP contribution in [-0.2, 0) is 9.53 Å². The Balaban J connectivity index is 3.50. The van der Waals surface area contributed by atoms with Gasteiger partial charge < -0.3 is 10.1 Å². The summed E-state index contributed by atoms with van der Waals surface area (Å²) < 4.78 is 4.45. The summed E-state index contributed by atoms with van der Waals surface area (Å²) in [7, 11) is 1.37. The fourth-order valence-electron chi connectivity index (χ4n) is 0.942. The molecular weight excluding hydrogens is 166 g/mol. The largest absolute Gasteiger partial charge is 0.466 e. The predicted octanol–water partition coefficient (Wildman–Crippen LogP) is 1.84. The van der Waals surface area contributed by atoms with Crippen LogP contribution in [0, 0.1) is 0 Å². The zero-order chi connectivity index (χ0) is 10.1. The Bertz CT molecular complexity index is 166. The molecule has 0 aliphatic carbocycles. The van der Waals surface area contributed by atoms with Crippen molar-refractivity contribution in [2.24, 2.45) is 0 Å². The second-order valence-corrected chi connectivity index (χ2v) is 3.07.